The number of rotatable bonds is 4. The van der Waals surface area contributed by atoms with Crippen molar-refractivity contribution in [2.75, 3.05) is 11.8 Å². The highest BCUT2D eigenvalue weighted by Crippen LogP contribution is 2.20. The summed E-state index contributed by atoms with van der Waals surface area (Å²) in [6.07, 6.45) is 2.75. The molecule has 9 heteroatoms. The van der Waals surface area contributed by atoms with Gasteiger partial charge in [-0.1, -0.05) is 0 Å². The molecular formula is C11H10FN3O4S. The van der Waals surface area contributed by atoms with Crippen LogP contribution in [-0.2, 0) is 14.8 Å². The number of aromatic amines is 1. The van der Waals surface area contributed by atoms with Gasteiger partial charge in [-0.25, -0.2) is 27.3 Å². The van der Waals surface area contributed by atoms with Crippen LogP contribution in [0, 0.1) is 5.82 Å². The molecule has 0 bridgehead atoms. The lowest BCUT2D eigenvalue weighted by Crippen LogP contribution is -2.18. The predicted molar refractivity (Wildman–Crippen MR) is 67.1 cm³/mol. The average Bonchev–Trinajstić information content (AvgIpc) is 2.90. The van der Waals surface area contributed by atoms with Crippen LogP contribution in [0.3, 0.4) is 0 Å². The third kappa shape index (κ3) is 2.77. The monoisotopic (exact) mass is 299 g/mol. The molecule has 0 unspecified atom stereocenters. The second-order valence-corrected chi connectivity index (χ2v) is 5.33. The van der Waals surface area contributed by atoms with E-state index in [-0.39, 0.29) is 11.5 Å². The third-order valence-electron chi connectivity index (χ3n) is 2.37. The summed E-state index contributed by atoms with van der Waals surface area (Å²) in [6.45, 7) is 0. The molecule has 0 radical (unpaired) electrons. The fourth-order valence-electron chi connectivity index (χ4n) is 1.50. The minimum absolute atomic E-state index is 0.0509. The Hall–Kier alpha value is -2.42. The number of hydrogen-bond donors (Lipinski definition) is 2. The molecule has 0 spiro atoms. The van der Waals surface area contributed by atoms with Gasteiger partial charge in [0.25, 0.3) is 10.0 Å². The summed E-state index contributed by atoms with van der Waals surface area (Å²) < 4.78 is 44.1. The number of anilines is 1. The number of ether oxygens (including phenoxy) is 1. The van der Waals surface area contributed by atoms with Gasteiger partial charge in [-0.3, -0.25) is 0 Å². The lowest BCUT2D eigenvalue weighted by molar-refractivity contribution is 0.0596. The van der Waals surface area contributed by atoms with Crippen LogP contribution in [0.5, 0.6) is 0 Å². The van der Waals surface area contributed by atoms with E-state index in [4.69, 9.17) is 0 Å². The summed E-state index contributed by atoms with van der Waals surface area (Å²) in [5, 5.41) is 0. The van der Waals surface area contributed by atoms with Gasteiger partial charge in [0.05, 0.1) is 12.7 Å². The molecule has 0 fully saturated rings. The summed E-state index contributed by atoms with van der Waals surface area (Å²) in [5.41, 5.74) is -0.270. The summed E-state index contributed by atoms with van der Waals surface area (Å²) in [4.78, 5) is 17.2. The van der Waals surface area contributed by atoms with Crippen molar-refractivity contribution in [1.82, 2.24) is 9.97 Å². The smallest absolute Gasteiger partial charge is 0.339 e. The van der Waals surface area contributed by atoms with E-state index >= 15 is 0 Å². The highest BCUT2D eigenvalue weighted by molar-refractivity contribution is 7.92. The van der Waals surface area contributed by atoms with Crippen molar-refractivity contribution in [1.29, 1.82) is 0 Å². The van der Waals surface area contributed by atoms with Gasteiger partial charge < -0.3 is 9.72 Å². The first kappa shape index (κ1) is 14.0. The number of halogens is 1. The Morgan fingerprint density at radius 3 is 2.80 bits per heavy atom. The summed E-state index contributed by atoms with van der Waals surface area (Å²) in [6, 6.07) is 2.74. The van der Waals surface area contributed by atoms with Crippen LogP contribution in [0.25, 0.3) is 0 Å². The van der Waals surface area contributed by atoms with E-state index in [0.29, 0.717) is 0 Å². The Labute approximate surface area is 113 Å². The number of hydrogen-bond acceptors (Lipinski definition) is 5. The van der Waals surface area contributed by atoms with Crippen molar-refractivity contribution in [2.24, 2.45) is 0 Å². The molecule has 0 atom stereocenters. The molecule has 0 aliphatic carbocycles. The van der Waals surface area contributed by atoms with Crippen molar-refractivity contribution < 1.29 is 22.3 Å². The average molecular weight is 299 g/mol. The molecule has 1 aromatic carbocycles. The molecule has 20 heavy (non-hydrogen) atoms. The molecule has 1 heterocycles. The van der Waals surface area contributed by atoms with Crippen LogP contribution >= 0.6 is 0 Å². The van der Waals surface area contributed by atoms with E-state index in [9.17, 15) is 17.6 Å². The van der Waals surface area contributed by atoms with E-state index in [1.54, 1.807) is 0 Å². The predicted octanol–water partition coefficient (Wildman–Crippen LogP) is 1.14. The number of benzene rings is 1. The standard InChI is InChI=1S/C11H10FN3O4S/c1-19-10(16)8-3-2-7(12)6-9(8)20(17,18)15-11-13-4-5-14-11/h2-6H,1H3,(H2,13,14,15). The largest absolute Gasteiger partial charge is 0.465 e. The molecule has 106 valence electrons. The minimum Gasteiger partial charge on any atom is -0.465 e. The lowest BCUT2D eigenvalue weighted by atomic mass is 10.2. The zero-order chi connectivity index (χ0) is 14.8. The Morgan fingerprint density at radius 2 is 2.20 bits per heavy atom. The number of nitrogens with zero attached hydrogens (tertiary/aromatic N) is 1. The third-order valence-corrected chi connectivity index (χ3v) is 3.75. The van der Waals surface area contributed by atoms with Gasteiger partial charge in [-0.2, -0.15) is 0 Å². The summed E-state index contributed by atoms with van der Waals surface area (Å²) in [5.74, 6) is -1.73. The molecule has 0 amide bonds. The molecule has 1 aromatic heterocycles. The topological polar surface area (TPSA) is 101 Å². The van der Waals surface area contributed by atoms with E-state index < -0.39 is 26.7 Å². The van der Waals surface area contributed by atoms with E-state index in [2.05, 4.69) is 19.4 Å². The first-order valence-corrected chi connectivity index (χ1v) is 6.82. The molecule has 7 nitrogen and oxygen atoms in total. The number of carbonyl (C=O) groups excluding carboxylic acids is 1. The molecule has 2 aromatic rings. The van der Waals surface area contributed by atoms with Crippen molar-refractivity contribution in [3.63, 3.8) is 0 Å². The number of nitrogens with one attached hydrogen (secondary N) is 2. The number of imidazole rings is 1. The van der Waals surface area contributed by atoms with Crippen LogP contribution in [-0.4, -0.2) is 31.5 Å². The van der Waals surface area contributed by atoms with Gasteiger partial charge in [-0.15, -0.1) is 0 Å². The first-order valence-electron chi connectivity index (χ1n) is 5.34. The van der Waals surface area contributed by atoms with Crippen LogP contribution in [0.2, 0.25) is 0 Å². The number of esters is 1. The van der Waals surface area contributed by atoms with Crippen molar-refractivity contribution in [3.8, 4) is 0 Å². The normalized spacial score (nSPS) is 11.1. The van der Waals surface area contributed by atoms with Crippen molar-refractivity contribution in [2.45, 2.75) is 4.90 Å². The molecule has 2 rings (SSSR count). The molecule has 0 saturated heterocycles. The van der Waals surface area contributed by atoms with Gasteiger partial charge in [0.2, 0.25) is 5.95 Å². The lowest BCUT2D eigenvalue weighted by Gasteiger charge is -2.09. The second kappa shape index (κ2) is 5.29. The highest BCUT2D eigenvalue weighted by atomic mass is 32.2. The van der Waals surface area contributed by atoms with Crippen LogP contribution in [0.1, 0.15) is 10.4 Å². The highest BCUT2D eigenvalue weighted by Gasteiger charge is 2.24. The Balaban J connectivity index is 2.50. The summed E-state index contributed by atoms with van der Waals surface area (Å²) >= 11 is 0. The zero-order valence-corrected chi connectivity index (χ0v) is 11.1. The Bertz CT molecular complexity index is 728. The number of sulfonamides is 1. The van der Waals surface area contributed by atoms with Crippen molar-refractivity contribution >= 4 is 21.9 Å². The number of carbonyl (C=O) groups is 1. The maximum absolute atomic E-state index is 13.3. The molecule has 0 aliphatic rings. The maximum Gasteiger partial charge on any atom is 0.339 e. The van der Waals surface area contributed by atoms with Crippen LogP contribution < -0.4 is 4.72 Å². The number of aromatic nitrogens is 2. The maximum atomic E-state index is 13.3. The Kier molecular flexibility index (Phi) is 3.70. The quantitative estimate of drug-likeness (QED) is 0.824. The number of H-pyrrole nitrogens is 1. The van der Waals surface area contributed by atoms with E-state index in [0.717, 1.165) is 25.3 Å². The molecule has 0 saturated carbocycles. The zero-order valence-electron chi connectivity index (χ0n) is 10.3. The fourth-order valence-corrected chi connectivity index (χ4v) is 2.69. The first-order chi connectivity index (χ1) is 9.44. The second-order valence-electron chi connectivity index (χ2n) is 3.68. The van der Waals surface area contributed by atoms with Gasteiger partial charge >= 0.3 is 5.97 Å². The Morgan fingerprint density at radius 1 is 1.45 bits per heavy atom. The van der Waals surface area contributed by atoms with Crippen LogP contribution in [0.4, 0.5) is 10.3 Å². The SMILES string of the molecule is COC(=O)c1ccc(F)cc1S(=O)(=O)Nc1ncc[nH]1. The molecule has 2 N–H and O–H groups in total. The number of methoxy groups -OCH3 is 1. The van der Waals surface area contributed by atoms with Crippen molar-refractivity contribution in [3.05, 3.63) is 42.0 Å². The van der Waals surface area contributed by atoms with Gasteiger partial charge in [0.15, 0.2) is 0 Å². The van der Waals surface area contributed by atoms with E-state index in [1.807, 2.05) is 0 Å². The van der Waals surface area contributed by atoms with Gasteiger partial charge in [-0.05, 0) is 18.2 Å². The van der Waals surface area contributed by atoms with Crippen LogP contribution in [0.15, 0.2) is 35.5 Å². The van der Waals surface area contributed by atoms with Gasteiger partial charge in [0.1, 0.15) is 10.7 Å². The fraction of sp³-hybridized carbons (Fsp3) is 0.0909. The van der Waals surface area contributed by atoms with Gasteiger partial charge in [0, 0.05) is 12.4 Å². The molecule has 0 aliphatic heterocycles. The summed E-state index contributed by atoms with van der Waals surface area (Å²) in [7, 11) is -3.08. The minimum atomic E-state index is -4.18. The van der Waals surface area contributed by atoms with E-state index in [1.165, 1.54) is 12.4 Å². The molecular weight excluding hydrogens is 289 g/mol.